The number of aromatic nitrogens is 4. The molecule has 0 aliphatic carbocycles. The van der Waals surface area contributed by atoms with Crippen LogP contribution in [0.1, 0.15) is 37.9 Å². The number of nitrogens with one attached hydrogen (secondary N) is 2. The van der Waals surface area contributed by atoms with E-state index in [1.807, 2.05) is 30.3 Å². The second-order valence-electron chi connectivity index (χ2n) is 8.38. The van der Waals surface area contributed by atoms with E-state index in [9.17, 15) is 14.4 Å². The zero-order chi connectivity index (χ0) is 24.6. The highest BCUT2D eigenvalue weighted by atomic mass is 16.5. The monoisotopic (exact) mass is 477 g/mol. The summed E-state index contributed by atoms with van der Waals surface area (Å²) in [6, 6.07) is 21.6. The first kappa shape index (κ1) is 21.5. The molecule has 3 aromatic carbocycles. The Labute approximate surface area is 204 Å². The number of fused-ring (bicyclic) bond motifs is 2. The summed E-state index contributed by atoms with van der Waals surface area (Å²) in [4.78, 5) is 44.7. The van der Waals surface area contributed by atoms with Crippen molar-refractivity contribution in [3.05, 3.63) is 118 Å². The highest BCUT2D eigenvalue weighted by Crippen LogP contribution is 2.31. The number of ether oxygens (including phenoxy) is 1. The minimum absolute atomic E-state index is 0.297. The molecular formula is C27H19N5O4. The first-order valence-electron chi connectivity index (χ1n) is 11.3. The van der Waals surface area contributed by atoms with Crippen LogP contribution in [0.4, 0.5) is 5.69 Å². The first-order chi connectivity index (χ1) is 17.6. The zero-order valence-corrected chi connectivity index (χ0v) is 18.8. The number of para-hydroxylation sites is 2. The van der Waals surface area contributed by atoms with Gasteiger partial charge in [0.25, 0.3) is 11.5 Å². The van der Waals surface area contributed by atoms with Gasteiger partial charge < -0.3 is 15.0 Å². The molecule has 2 aromatic heterocycles. The predicted molar refractivity (Wildman–Crippen MR) is 132 cm³/mol. The summed E-state index contributed by atoms with van der Waals surface area (Å²) in [5, 5.41) is 7.57. The Hall–Kier alpha value is -5.05. The van der Waals surface area contributed by atoms with Crippen molar-refractivity contribution in [2.75, 3.05) is 5.32 Å². The fourth-order valence-electron chi connectivity index (χ4n) is 4.38. The summed E-state index contributed by atoms with van der Waals surface area (Å²) in [6.07, 6.45) is 2.81. The largest absolute Gasteiger partial charge is 0.454 e. The zero-order valence-electron chi connectivity index (χ0n) is 18.8. The molecule has 5 aromatic rings. The number of hydrogen-bond donors (Lipinski definition) is 2. The fourth-order valence-corrected chi connectivity index (χ4v) is 4.38. The van der Waals surface area contributed by atoms with Gasteiger partial charge >= 0.3 is 5.97 Å². The van der Waals surface area contributed by atoms with Crippen molar-refractivity contribution in [1.82, 2.24) is 19.7 Å². The molecular weight excluding hydrogens is 458 g/mol. The van der Waals surface area contributed by atoms with Crippen molar-refractivity contribution in [3.8, 4) is 5.69 Å². The molecule has 0 bridgehead atoms. The first-order valence-corrected chi connectivity index (χ1v) is 11.3. The summed E-state index contributed by atoms with van der Waals surface area (Å²) >= 11 is 0. The maximum absolute atomic E-state index is 13.2. The van der Waals surface area contributed by atoms with Crippen molar-refractivity contribution in [3.63, 3.8) is 0 Å². The number of cyclic esters (lactones) is 1. The Balaban J connectivity index is 1.31. The second-order valence-corrected chi connectivity index (χ2v) is 8.38. The molecule has 0 radical (unpaired) electrons. The van der Waals surface area contributed by atoms with Gasteiger partial charge in [0.1, 0.15) is 11.5 Å². The van der Waals surface area contributed by atoms with Crippen LogP contribution in [0.15, 0.2) is 90.1 Å². The molecule has 3 heterocycles. The third-order valence-electron chi connectivity index (χ3n) is 6.16. The van der Waals surface area contributed by atoms with E-state index in [2.05, 4.69) is 20.4 Å². The van der Waals surface area contributed by atoms with Gasteiger partial charge in [-0.05, 0) is 41.5 Å². The maximum atomic E-state index is 13.2. The van der Waals surface area contributed by atoms with Crippen LogP contribution in [0.5, 0.6) is 0 Å². The lowest BCUT2D eigenvalue weighted by atomic mass is 9.93. The predicted octanol–water partition coefficient (Wildman–Crippen LogP) is 3.82. The third-order valence-corrected chi connectivity index (χ3v) is 6.16. The number of benzene rings is 3. The number of H-pyrrole nitrogens is 1. The topological polar surface area (TPSA) is 119 Å². The van der Waals surface area contributed by atoms with Crippen LogP contribution in [0.3, 0.4) is 0 Å². The Morgan fingerprint density at radius 3 is 2.69 bits per heavy atom. The molecule has 0 saturated heterocycles. The van der Waals surface area contributed by atoms with Gasteiger partial charge in [0.15, 0.2) is 5.65 Å². The van der Waals surface area contributed by atoms with E-state index in [0.29, 0.717) is 40.0 Å². The summed E-state index contributed by atoms with van der Waals surface area (Å²) in [5.74, 6) is -0.752. The van der Waals surface area contributed by atoms with Gasteiger partial charge in [0.2, 0.25) is 0 Å². The van der Waals surface area contributed by atoms with Crippen LogP contribution in [-0.4, -0.2) is 31.6 Å². The van der Waals surface area contributed by atoms with E-state index in [1.165, 1.54) is 17.2 Å². The van der Waals surface area contributed by atoms with Crippen molar-refractivity contribution < 1.29 is 14.3 Å². The molecule has 9 nitrogen and oxygen atoms in total. The maximum Gasteiger partial charge on any atom is 0.339 e. The molecule has 1 aliphatic heterocycles. The molecule has 1 amide bonds. The summed E-state index contributed by atoms with van der Waals surface area (Å²) < 4.78 is 7.12. The number of rotatable bonds is 4. The lowest BCUT2D eigenvalue weighted by Crippen LogP contribution is -2.23. The van der Waals surface area contributed by atoms with Crippen LogP contribution in [0.2, 0.25) is 0 Å². The summed E-state index contributed by atoms with van der Waals surface area (Å²) in [7, 11) is 0. The van der Waals surface area contributed by atoms with E-state index in [-0.39, 0.29) is 11.5 Å². The molecule has 1 atom stereocenters. The van der Waals surface area contributed by atoms with Gasteiger partial charge in [-0.15, -0.1) is 0 Å². The van der Waals surface area contributed by atoms with Gasteiger partial charge in [0.05, 0.1) is 29.5 Å². The number of esters is 1. The number of amides is 1. The van der Waals surface area contributed by atoms with E-state index in [4.69, 9.17) is 4.74 Å². The van der Waals surface area contributed by atoms with Crippen molar-refractivity contribution in [1.29, 1.82) is 0 Å². The molecule has 1 aliphatic rings. The van der Waals surface area contributed by atoms with Crippen molar-refractivity contribution in [2.45, 2.75) is 12.5 Å². The smallest absolute Gasteiger partial charge is 0.339 e. The average Bonchev–Trinajstić information content (AvgIpc) is 3.34. The lowest BCUT2D eigenvalue weighted by Gasteiger charge is -2.25. The summed E-state index contributed by atoms with van der Waals surface area (Å²) in [5.41, 5.74) is 3.65. The Morgan fingerprint density at radius 1 is 1.03 bits per heavy atom. The van der Waals surface area contributed by atoms with Crippen LogP contribution in [0, 0.1) is 0 Å². The van der Waals surface area contributed by atoms with Crippen LogP contribution in [0.25, 0.3) is 16.7 Å². The van der Waals surface area contributed by atoms with Gasteiger partial charge in [-0.1, -0.05) is 42.5 Å². The number of nitrogens with zero attached hydrogens (tertiary/aromatic N) is 3. The molecule has 36 heavy (non-hydrogen) atoms. The number of hydrogen-bond acceptors (Lipinski definition) is 6. The minimum Gasteiger partial charge on any atom is -0.454 e. The fraction of sp³-hybridized carbons (Fsp3) is 0.0741. The van der Waals surface area contributed by atoms with E-state index in [1.54, 1.807) is 42.5 Å². The van der Waals surface area contributed by atoms with E-state index >= 15 is 0 Å². The Kier molecular flexibility index (Phi) is 5.15. The standard InChI is InChI=1S/C27H19N5O4/c33-25(17-10-11-19-18(12-17)13-23(36-27(19)35)16-6-2-1-3-7-16)31-21-8-4-5-9-22(21)32-24-20(14-30-32)26(34)29-15-28-24/h1-12,14-15,23H,13H2,(H,31,33)(H,28,29,34). The third kappa shape index (κ3) is 3.72. The van der Waals surface area contributed by atoms with E-state index in [0.717, 1.165) is 11.1 Å². The van der Waals surface area contributed by atoms with Crippen LogP contribution >= 0.6 is 0 Å². The Morgan fingerprint density at radius 2 is 1.83 bits per heavy atom. The number of aromatic amines is 1. The number of carbonyl (C=O) groups is 2. The highest BCUT2D eigenvalue weighted by Gasteiger charge is 2.28. The molecule has 2 N–H and O–H groups in total. The van der Waals surface area contributed by atoms with Crippen LogP contribution < -0.4 is 10.9 Å². The SMILES string of the molecule is O=C(Nc1ccccc1-n1ncc2c(=O)[nH]cnc21)c1ccc2c(c1)CC(c1ccccc1)OC2=O. The summed E-state index contributed by atoms with van der Waals surface area (Å²) in [6.45, 7) is 0. The van der Waals surface area contributed by atoms with Gasteiger partial charge in [-0.25, -0.2) is 14.5 Å². The average molecular weight is 477 g/mol. The molecule has 0 spiro atoms. The van der Waals surface area contributed by atoms with Crippen molar-refractivity contribution >= 4 is 28.6 Å². The molecule has 9 heteroatoms. The van der Waals surface area contributed by atoms with Gasteiger partial charge in [-0.3, -0.25) is 9.59 Å². The Bertz CT molecular complexity index is 1690. The molecule has 0 fully saturated rings. The van der Waals surface area contributed by atoms with E-state index < -0.39 is 12.1 Å². The van der Waals surface area contributed by atoms with Crippen molar-refractivity contribution in [2.24, 2.45) is 0 Å². The second kappa shape index (κ2) is 8.62. The molecule has 176 valence electrons. The van der Waals surface area contributed by atoms with Gasteiger partial charge in [-0.2, -0.15) is 5.10 Å². The molecule has 1 unspecified atom stereocenters. The number of anilines is 1. The number of carbonyl (C=O) groups excluding carboxylic acids is 2. The van der Waals surface area contributed by atoms with Crippen LogP contribution in [-0.2, 0) is 11.2 Å². The normalized spacial score (nSPS) is 14.8. The lowest BCUT2D eigenvalue weighted by molar-refractivity contribution is 0.0252. The minimum atomic E-state index is -0.408. The molecule has 6 rings (SSSR count). The highest BCUT2D eigenvalue weighted by molar-refractivity contribution is 6.06. The quantitative estimate of drug-likeness (QED) is 0.380. The van der Waals surface area contributed by atoms with Gasteiger partial charge in [0, 0.05) is 12.0 Å². The molecule has 0 saturated carbocycles.